The Bertz CT molecular complexity index is 1250. The summed E-state index contributed by atoms with van der Waals surface area (Å²) in [6, 6.07) is 7.33. The lowest BCUT2D eigenvalue weighted by molar-refractivity contribution is -0.151. The topological polar surface area (TPSA) is 184 Å². The molecular formula is C22H23N5O8S2. The maximum absolute atomic E-state index is 12.9. The van der Waals surface area contributed by atoms with Gasteiger partial charge in [-0.3, -0.25) is 14.5 Å². The number of nitrogens with zero attached hydrogens (tertiary/aromatic N) is 4. The van der Waals surface area contributed by atoms with Crippen LogP contribution in [0.25, 0.3) is 0 Å². The van der Waals surface area contributed by atoms with Gasteiger partial charge in [0.15, 0.2) is 17.1 Å². The molecule has 1 unspecified atom stereocenters. The number of aliphatic hydroxyl groups is 1. The third-order valence-corrected chi connectivity index (χ3v) is 8.11. The number of carbonyl (C=O) groups excluding carboxylic acids is 2. The molecule has 13 nitrogen and oxygen atoms in total. The summed E-state index contributed by atoms with van der Waals surface area (Å²) in [6.07, 6.45) is -1.45. The van der Waals surface area contributed by atoms with Crippen molar-refractivity contribution in [3.05, 3.63) is 53.0 Å². The van der Waals surface area contributed by atoms with Gasteiger partial charge in [-0.1, -0.05) is 42.1 Å². The molecule has 1 saturated heterocycles. The zero-order valence-electron chi connectivity index (χ0n) is 19.4. The molecule has 196 valence electrons. The van der Waals surface area contributed by atoms with Gasteiger partial charge >= 0.3 is 11.9 Å². The number of carboxylic acid groups (broad SMARTS) is 2. The van der Waals surface area contributed by atoms with Crippen LogP contribution in [0.1, 0.15) is 17.5 Å². The number of benzene rings is 1. The molecule has 0 saturated carbocycles. The van der Waals surface area contributed by atoms with Crippen LogP contribution >= 0.6 is 23.5 Å². The Labute approximate surface area is 218 Å². The van der Waals surface area contributed by atoms with Crippen molar-refractivity contribution in [2.24, 2.45) is 7.05 Å². The van der Waals surface area contributed by atoms with E-state index in [0.29, 0.717) is 27.9 Å². The number of amides is 2. The van der Waals surface area contributed by atoms with Crippen molar-refractivity contribution >= 4 is 47.3 Å². The monoisotopic (exact) mass is 549 g/mol. The number of fused-ring (bicyclic) bond motifs is 1. The van der Waals surface area contributed by atoms with Gasteiger partial charge in [0.05, 0.1) is 0 Å². The second-order valence-electron chi connectivity index (χ2n) is 8.10. The number of ether oxygens (including phenoxy) is 1. The fourth-order valence-electron chi connectivity index (χ4n) is 3.79. The SMILES string of the molecule is Cn1c(COCC(=O)O)nnc1SCC1=C(C(=O)O)N2C(=O)C(NC(=O)[C@H](O)c3ccccc3)[C@H]2SC1. The van der Waals surface area contributed by atoms with E-state index in [2.05, 4.69) is 15.5 Å². The van der Waals surface area contributed by atoms with Gasteiger partial charge < -0.3 is 29.9 Å². The Morgan fingerprint density at radius 3 is 2.65 bits per heavy atom. The van der Waals surface area contributed by atoms with Crippen molar-refractivity contribution in [1.82, 2.24) is 25.0 Å². The first kappa shape index (κ1) is 26.7. The Morgan fingerprint density at radius 1 is 1.24 bits per heavy atom. The molecular weight excluding hydrogens is 526 g/mol. The average molecular weight is 550 g/mol. The molecule has 37 heavy (non-hydrogen) atoms. The highest BCUT2D eigenvalue weighted by Gasteiger charge is 2.54. The van der Waals surface area contributed by atoms with Crippen LogP contribution < -0.4 is 5.32 Å². The molecule has 0 radical (unpaired) electrons. The number of aromatic nitrogens is 3. The molecule has 1 aromatic heterocycles. The number of β-lactam (4-membered cyclic amide) rings is 1. The maximum Gasteiger partial charge on any atom is 0.352 e. The third-order valence-electron chi connectivity index (χ3n) is 5.67. The van der Waals surface area contributed by atoms with Crippen molar-refractivity contribution in [2.75, 3.05) is 18.1 Å². The van der Waals surface area contributed by atoms with Gasteiger partial charge in [-0.25, -0.2) is 9.59 Å². The molecule has 3 atom stereocenters. The van der Waals surface area contributed by atoms with E-state index in [4.69, 9.17) is 9.84 Å². The highest BCUT2D eigenvalue weighted by molar-refractivity contribution is 8.01. The highest BCUT2D eigenvalue weighted by atomic mass is 32.2. The number of hydrogen-bond acceptors (Lipinski definition) is 10. The first-order chi connectivity index (χ1) is 17.7. The summed E-state index contributed by atoms with van der Waals surface area (Å²) < 4.78 is 6.64. The van der Waals surface area contributed by atoms with Crippen molar-refractivity contribution in [3.8, 4) is 0 Å². The number of aliphatic hydroxyl groups excluding tert-OH is 1. The molecule has 1 aromatic carbocycles. The van der Waals surface area contributed by atoms with E-state index in [1.165, 1.54) is 23.5 Å². The Kier molecular flexibility index (Phi) is 8.16. The van der Waals surface area contributed by atoms with Gasteiger partial charge in [-0.15, -0.1) is 22.0 Å². The average Bonchev–Trinajstić information content (AvgIpc) is 3.23. The van der Waals surface area contributed by atoms with Crippen LogP contribution in [0.15, 0.2) is 46.8 Å². The number of carboxylic acids is 2. The fraction of sp³-hybridized carbons (Fsp3) is 0.364. The number of carbonyl (C=O) groups is 4. The smallest absolute Gasteiger partial charge is 0.352 e. The lowest BCUT2D eigenvalue weighted by atomic mass is 10.0. The van der Waals surface area contributed by atoms with Crippen LogP contribution in [-0.2, 0) is 37.6 Å². The minimum absolute atomic E-state index is 0.0503. The van der Waals surface area contributed by atoms with Crippen molar-refractivity contribution in [1.29, 1.82) is 0 Å². The van der Waals surface area contributed by atoms with Crippen molar-refractivity contribution < 1.29 is 39.2 Å². The van der Waals surface area contributed by atoms with Gasteiger partial charge in [0.25, 0.3) is 11.8 Å². The van der Waals surface area contributed by atoms with E-state index in [1.807, 2.05) is 0 Å². The van der Waals surface area contributed by atoms with Crippen LogP contribution in [0.2, 0.25) is 0 Å². The number of aliphatic carboxylic acids is 2. The zero-order valence-corrected chi connectivity index (χ0v) is 21.1. The Hall–Kier alpha value is -3.40. The molecule has 0 aliphatic carbocycles. The molecule has 1 fully saturated rings. The standard InChI is InChI=1S/C22H23N5O8S2/c1-26-13(7-35-8-14(28)29)24-25-22(26)37-10-12-9-36-20-15(19(32)27(20)16(12)21(33)34)23-18(31)17(30)11-5-3-2-4-6-11/h2-6,15,17,20,30H,7-10H2,1H3,(H,23,31)(H,28,29)(H,33,34)/t15?,17-,20-/m1/s1. The number of thioether (sulfide) groups is 2. The quantitative estimate of drug-likeness (QED) is 0.217. The van der Waals surface area contributed by atoms with E-state index >= 15 is 0 Å². The minimum Gasteiger partial charge on any atom is -0.480 e. The molecule has 15 heteroatoms. The van der Waals surface area contributed by atoms with E-state index in [9.17, 15) is 29.4 Å². The van der Waals surface area contributed by atoms with E-state index in [0.717, 1.165) is 4.90 Å². The molecule has 2 amide bonds. The summed E-state index contributed by atoms with van der Waals surface area (Å²) in [5.74, 6) is -2.74. The molecule has 4 rings (SSSR count). The molecule has 2 aliphatic heterocycles. The normalized spacial score (nSPS) is 19.7. The lowest BCUT2D eigenvalue weighted by Crippen LogP contribution is -2.70. The highest BCUT2D eigenvalue weighted by Crippen LogP contribution is 2.41. The minimum atomic E-state index is -1.45. The molecule has 2 aliphatic rings. The predicted molar refractivity (Wildman–Crippen MR) is 130 cm³/mol. The van der Waals surface area contributed by atoms with Crippen LogP contribution in [0.4, 0.5) is 0 Å². The number of rotatable bonds is 11. The van der Waals surface area contributed by atoms with Gasteiger partial charge in [0, 0.05) is 18.6 Å². The molecule has 0 spiro atoms. The van der Waals surface area contributed by atoms with E-state index < -0.39 is 47.9 Å². The van der Waals surface area contributed by atoms with E-state index in [-0.39, 0.29) is 18.1 Å². The van der Waals surface area contributed by atoms with Gasteiger partial charge in [-0.05, 0) is 11.1 Å². The Morgan fingerprint density at radius 2 is 1.97 bits per heavy atom. The first-order valence-electron chi connectivity index (χ1n) is 10.9. The fourth-order valence-corrected chi connectivity index (χ4v) is 6.21. The van der Waals surface area contributed by atoms with Crippen LogP contribution in [0.5, 0.6) is 0 Å². The third kappa shape index (κ3) is 5.64. The summed E-state index contributed by atoms with van der Waals surface area (Å²) in [5, 5.41) is 39.2. The molecule has 4 N–H and O–H groups in total. The van der Waals surface area contributed by atoms with Crippen LogP contribution in [-0.4, -0.2) is 88.3 Å². The van der Waals surface area contributed by atoms with Gasteiger partial charge in [0.2, 0.25) is 0 Å². The second kappa shape index (κ2) is 11.3. The summed E-state index contributed by atoms with van der Waals surface area (Å²) in [5.41, 5.74) is 0.751. The maximum atomic E-state index is 12.9. The van der Waals surface area contributed by atoms with Crippen molar-refractivity contribution in [2.45, 2.75) is 29.3 Å². The van der Waals surface area contributed by atoms with Crippen molar-refractivity contribution in [3.63, 3.8) is 0 Å². The zero-order chi connectivity index (χ0) is 26.7. The molecule has 2 aromatic rings. The molecule has 0 bridgehead atoms. The Balaban J connectivity index is 1.41. The lowest BCUT2D eigenvalue weighted by Gasteiger charge is -2.49. The van der Waals surface area contributed by atoms with Gasteiger partial charge in [-0.2, -0.15) is 0 Å². The van der Waals surface area contributed by atoms with E-state index in [1.54, 1.807) is 41.9 Å². The summed E-state index contributed by atoms with van der Waals surface area (Å²) in [4.78, 5) is 49.2. The van der Waals surface area contributed by atoms with Crippen LogP contribution in [0, 0.1) is 0 Å². The first-order valence-corrected chi connectivity index (χ1v) is 13.0. The summed E-state index contributed by atoms with van der Waals surface area (Å²) in [6.45, 7) is -0.523. The van der Waals surface area contributed by atoms with Crippen LogP contribution in [0.3, 0.4) is 0 Å². The van der Waals surface area contributed by atoms with Gasteiger partial charge in [0.1, 0.15) is 30.3 Å². The summed E-state index contributed by atoms with van der Waals surface area (Å²) in [7, 11) is 1.68. The number of hydrogen-bond donors (Lipinski definition) is 4. The predicted octanol–water partition coefficient (Wildman–Crippen LogP) is -0.0194. The molecule has 3 heterocycles. The number of nitrogens with one attached hydrogen (secondary N) is 1. The largest absolute Gasteiger partial charge is 0.480 e. The second-order valence-corrected chi connectivity index (χ2v) is 10.1. The summed E-state index contributed by atoms with van der Waals surface area (Å²) >= 11 is 2.54.